The van der Waals surface area contributed by atoms with Gasteiger partial charge in [-0.2, -0.15) is 0 Å². The van der Waals surface area contributed by atoms with Gasteiger partial charge in [-0.3, -0.25) is 4.79 Å². The first-order valence-electron chi connectivity index (χ1n) is 6.09. The smallest absolute Gasteiger partial charge is 0.224 e. The second-order valence-electron chi connectivity index (χ2n) is 4.71. The summed E-state index contributed by atoms with van der Waals surface area (Å²) in [7, 11) is -2.95. The van der Waals surface area contributed by atoms with E-state index in [9.17, 15) is 13.2 Å². The van der Waals surface area contributed by atoms with Gasteiger partial charge in [0.1, 0.15) is 0 Å². The van der Waals surface area contributed by atoms with Crippen molar-refractivity contribution >= 4 is 15.7 Å². The molecule has 0 saturated carbocycles. The quantitative estimate of drug-likeness (QED) is 0.775. The molecule has 1 saturated heterocycles. The van der Waals surface area contributed by atoms with Crippen molar-refractivity contribution < 1.29 is 13.2 Å². The van der Waals surface area contributed by atoms with E-state index >= 15 is 0 Å². The zero-order valence-electron chi connectivity index (χ0n) is 10.8. The molecule has 0 aromatic heterocycles. The summed E-state index contributed by atoms with van der Waals surface area (Å²) in [5.41, 5.74) is 0. The van der Waals surface area contributed by atoms with Crippen LogP contribution >= 0.6 is 0 Å². The Kier molecular flexibility index (Phi) is 4.94. The van der Waals surface area contributed by atoms with E-state index < -0.39 is 9.84 Å². The predicted molar refractivity (Wildman–Crippen MR) is 67.6 cm³/mol. The van der Waals surface area contributed by atoms with Gasteiger partial charge in [0.25, 0.3) is 0 Å². The van der Waals surface area contributed by atoms with Gasteiger partial charge in [0, 0.05) is 25.0 Å². The van der Waals surface area contributed by atoms with E-state index in [2.05, 4.69) is 5.32 Å². The van der Waals surface area contributed by atoms with Gasteiger partial charge in [-0.15, -0.1) is 0 Å². The van der Waals surface area contributed by atoms with Gasteiger partial charge < -0.3 is 10.2 Å². The summed E-state index contributed by atoms with van der Waals surface area (Å²) in [6.07, 6.45) is 0.429. The SMILES string of the molecule is CCNC(C)CC(=O)N1CCS(=O)(=O)CC1C. The van der Waals surface area contributed by atoms with Gasteiger partial charge in [0.15, 0.2) is 9.84 Å². The number of hydrogen-bond acceptors (Lipinski definition) is 4. The van der Waals surface area contributed by atoms with E-state index in [1.807, 2.05) is 13.8 Å². The van der Waals surface area contributed by atoms with Gasteiger partial charge in [0.05, 0.1) is 11.5 Å². The first-order valence-corrected chi connectivity index (χ1v) is 7.91. The van der Waals surface area contributed by atoms with Crippen LogP contribution < -0.4 is 5.32 Å². The van der Waals surface area contributed by atoms with Gasteiger partial charge in [0.2, 0.25) is 5.91 Å². The molecule has 5 nitrogen and oxygen atoms in total. The van der Waals surface area contributed by atoms with Crippen LogP contribution in [0.1, 0.15) is 27.2 Å². The lowest BCUT2D eigenvalue weighted by Gasteiger charge is -2.34. The molecule has 0 spiro atoms. The molecule has 6 heteroatoms. The summed E-state index contributed by atoms with van der Waals surface area (Å²) in [4.78, 5) is 13.7. The van der Waals surface area contributed by atoms with Crippen molar-refractivity contribution in [3.63, 3.8) is 0 Å². The van der Waals surface area contributed by atoms with E-state index in [4.69, 9.17) is 0 Å². The fraction of sp³-hybridized carbons (Fsp3) is 0.909. The number of sulfone groups is 1. The van der Waals surface area contributed by atoms with Gasteiger partial charge in [-0.05, 0) is 20.4 Å². The van der Waals surface area contributed by atoms with Crippen molar-refractivity contribution in [1.29, 1.82) is 0 Å². The lowest BCUT2D eigenvalue weighted by molar-refractivity contribution is -0.133. The first-order chi connectivity index (χ1) is 7.85. The Balaban J connectivity index is 2.53. The maximum Gasteiger partial charge on any atom is 0.224 e. The molecule has 1 aliphatic rings. The monoisotopic (exact) mass is 262 g/mol. The molecule has 2 atom stereocenters. The Hall–Kier alpha value is -0.620. The van der Waals surface area contributed by atoms with Crippen LogP contribution in [0.5, 0.6) is 0 Å². The van der Waals surface area contributed by atoms with Gasteiger partial charge in [-0.1, -0.05) is 6.92 Å². The van der Waals surface area contributed by atoms with Crippen LogP contribution in [-0.2, 0) is 14.6 Å². The molecule has 17 heavy (non-hydrogen) atoms. The number of carbonyl (C=O) groups is 1. The molecule has 1 fully saturated rings. The Morgan fingerprint density at radius 2 is 2.18 bits per heavy atom. The highest BCUT2D eigenvalue weighted by molar-refractivity contribution is 7.91. The number of nitrogens with one attached hydrogen (secondary N) is 1. The lowest BCUT2D eigenvalue weighted by atomic mass is 10.2. The maximum absolute atomic E-state index is 12.0. The van der Waals surface area contributed by atoms with E-state index in [0.29, 0.717) is 13.0 Å². The highest BCUT2D eigenvalue weighted by Crippen LogP contribution is 2.13. The van der Waals surface area contributed by atoms with E-state index in [0.717, 1.165) is 6.54 Å². The second kappa shape index (κ2) is 5.82. The Bertz CT molecular complexity index is 367. The number of nitrogens with zero attached hydrogens (tertiary/aromatic N) is 1. The third-order valence-corrected chi connectivity index (χ3v) is 4.82. The molecule has 2 unspecified atom stereocenters. The van der Waals surface area contributed by atoms with Crippen LogP contribution in [0.15, 0.2) is 0 Å². The average molecular weight is 262 g/mol. The number of rotatable bonds is 4. The summed E-state index contributed by atoms with van der Waals surface area (Å²) in [5, 5.41) is 3.18. The minimum absolute atomic E-state index is 0.0425. The van der Waals surface area contributed by atoms with E-state index in [1.54, 1.807) is 11.8 Å². The zero-order chi connectivity index (χ0) is 13.1. The topological polar surface area (TPSA) is 66.5 Å². The average Bonchev–Trinajstić information content (AvgIpc) is 2.15. The highest BCUT2D eigenvalue weighted by Gasteiger charge is 2.31. The van der Waals surface area contributed by atoms with Crippen LogP contribution in [0, 0.1) is 0 Å². The Morgan fingerprint density at radius 3 is 2.71 bits per heavy atom. The molecule has 0 aromatic carbocycles. The number of carbonyl (C=O) groups excluding carboxylic acids is 1. The zero-order valence-corrected chi connectivity index (χ0v) is 11.6. The van der Waals surface area contributed by atoms with Crippen LogP contribution in [0.4, 0.5) is 0 Å². The first kappa shape index (κ1) is 14.4. The molecule has 1 N–H and O–H groups in total. The number of amides is 1. The normalized spacial score (nSPS) is 25.6. The van der Waals surface area contributed by atoms with E-state index in [1.165, 1.54) is 0 Å². The minimum atomic E-state index is -2.95. The summed E-state index contributed by atoms with van der Waals surface area (Å²) in [5.74, 6) is 0.230. The summed E-state index contributed by atoms with van der Waals surface area (Å²) < 4.78 is 22.8. The van der Waals surface area contributed by atoms with Crippen molar-refractivity contribution in [2.75, 3.05) is 24.6 Å². The Morgan fingerprint density at radius 1 is 1.53 bits per heavy atom. The fourth-order valence-corrected chi connectivity index (χ4v) is 3.73. The molecule has 100 valence electrons. The van der Waals surface area contributed by atoms with Crippen molar-refractivity contribution in [1.82, 2.24) is 10.2 Å². The molecule has 1 aliphatic heterocycles. The molecule has 0 aliphatic carbocycles. The van der Waals surface area contributed by atoms with Crippen LogP contribution in [0.3, 0.4) is 0 Å². The minimum Gasteiger partial charge on any atom is -0.338 e. The van der Waals surface area contributed by atoms with Crippen molar-refractivity contribution in [2.24, 2.45) is 0 Å². The van der Waals surface area contributed by atoms with Gasteiger partial charge in [-0.25, -0.2) is 8.42 Å². The third kappa shape index (κ3) is 4.27. The second-order valence-corrected chi connectivity index (χ2v) is 6.94. The molecule has 0 radical (unpaired) electrons. The van der Waals surface area contributed by atoms with Gasteiger partial charge >= 0.3 is 0 Å². The fourth-order valence-electron chi connectivity index (χ4n) is 2.17. The highest BCUT2D eigenvalue weighted by atomic mass is 32.2. The number of hydrogen-bond donors (Lipinski definition) is 1. The van der Waals surface area contributed by atoms with Crippen LogP contribution in [0.2, 0.25) is 0 Å². The predicted octanol–water partition coefficient (Wildman–Crippen LogP) is 0.0200. The molecule has 0 bridgehead atoms. The largest absolute Gasteiger partial charge is 0.338 e. The third-order valence-electron chi connectivity index (χ3n) is 3.02. The maximum atomic E-state index is 12.0. The van der Waals surface area contributed by atoms with Crippen molar-refractivity contribution in [2.45, 2.75) is 39.3 Å². The molecular formula is C11H22N2O3S. The van der Waals surface area contributed by atoms with Crippen LogP contribution in [-0.4, -0.2) is 55.9 Å². The van der Waals surface area contributed by atoms with Crippen molar-refractivity contribution in [3.05, 3.63) is 0 Å². The summed E-state index contributed by atoms with van der Waals surface area (Å²) >= 11 is 0. The Labute approximate surface area is 103 Å². The standard InChI is InChI=1S/C11H22N2O3S/c1-4-12-9(2)7-11(14)13-5-6-17(15,16)8-10(13)3/h9-10,12H,4-8H2,1-3H3. The molecule has 1 rings (SSSR count). The molecule has 1 heterocycles. The van der Waals surface area contributed by atoms with Crippen molar-refractivity contribution in [3.8, 4) is 0 Å². The van der Waals surface area contributed by atoms with Crippen LogP contribution in [0.25, 0.3) is 0 Å². The molecular weight excluding hydrogens is 240 g/mol. The molecule has 0 aromatic rings. The van der Waals surface area contributed by atoms with E-state index in [-0.39, 0.29) is 29.5 Å². The lowest BCUT2D eigenvalue weighted by Crippen LogP contribution is -2.50. The summed E-state index contributed by atoms with van der Waals surface area (Å²) in [6, 6.07) is -0.0617. The summed E-state index contributed by atoms with van der Waals surface area (Å²) in [6.45, 7) is 6.93. The molecule has 1 amide bonds.